The Balaban J connectivity index is 3.35. The molecular formula is C4H8Br2O2. The lowest BCUT2D eigenvalue weighted by atomic mass is 10.8. The molecule has 0 aliphatic heterocycles. The molecule has 0 bridgehead atoms. The highest BCUT2D eigenvalue weighted by atomic mass is 79.9. The molecule has 0 unspecified atom stereocenters. The molecule has 0 fully saturated rings. The van der Waals surface area contributed by atoms with Gasteiger partial charge < -0.3 is 9.47 Å². The van der Waals surface area contributed by atoms with Gasteiger partial charge in [-0.25, -0.2) is 0 Å². The molecular weight excluding hydrogens is 240 g/mol. The molecule has 4 heteroatoms. The number of rotatable bonds is 3. The minimum absolute atomic E-state index is 0.0602. The maximum Gasteiger partial charge on any atom is 0.179 e. The van der Waals surface area contributed by atoms with Gasteiger partial charge in [-0.1, -0.05) is 31.9 Å². The van der Waals surface area contributed by atoms with Gasteiger partial charge in [-0.2, -0.15) is 0 Å². The molecule has 0 saturated carbocycles. The first-order chi connectivity index (χ1) is 3.72. The number of halogens is 2. The zero-order chi connectivity index (χ0) is 6.57. The Kier molecular flexibility index (Phi) is 5.25. The van der Waals surface area contributed by atoms with Crippen molar-refractivity contribution in [1.29, 1.82) is 0 Å². The smallest absolute Gasteiger partial charge is 0.179 e. The summed E-state index contributed by atoms with van der Waals surface area (Å²) in [5, 5.41) is 0. The highest BCUT2D eigenvalue weighted by Gasteiger charge is 2.12. The van der Waals surface area contributed by atoms with Gasteiger partial charge in [-0.05, 0) is 0 Å². The van der Waals surface area contributed by atoms with Crippen molar-refractivity contribution in [2.24, 2.45) is 0 Å². The fourth-order valence-electron chi connectivity index (χ4n) is 0.302. The van der Waals surface area contributed by atoms with Gasteiger partial charge in [0.1, 0.15) is 3.74 Å². The maximum absolute atomic E-state index is 4.84. The Labute approximate surface area is 65.8 Å². The van der Waals surface area contributed by atoms with E-state index in [-0.39, 0.29) is 10.0 Å². The van der Waals surface area contributed by atoms with E-state index in [1.54, 1.807) is 14.2 Å². The average Bonchev–Trinajstić information content (AvgIpc) is 1.69. The molecule has 0 rings (SSSR count). The molecule has 2 nitrogen and oxygen atoms in total. The second kappa shape index (κ2) is 4.73. The van der Waals surface area contributed by atoms with Gasteiger partial charge in [0.2, 0.25) is 0 Å². The van der Waals surface area contributed by atoms with Crippen LogP contribution in [-0.4, -0.2) is 24.2 Å². The third kappa shape index (κ3) is 3.02. The van der Waals surface area contributed by atoms with Crippen LogP contribution in [0.3, 0.4) is 0 Å². The normalized spacial score (nSPS) is 11.2. The third-order valence-corrected chi connectivity index (χ3v) is 1.53. The third-order valence-electron chi connectivity index (χ3n) is 0.670. The van der Waals surface area contributed by atoms with Gasteiger partial charge in [0, 0.05) is 14.2 Å². The van der Waals surface area contributed by atoms with Gasteiger partial charge in [-0.15, -0.1) is 0 Å². The minimum atomic E-state index is -0.213. The molecule has 0 atom stereocenters. The highest BCUT2D eigenvalue weighted by Crippen LogP contribution is 2.15. The first-order valence-electron chi connectivity index (χ1n) is 2.06. The molecule has 0 aliphatic rings. The Morgan fingerprint density at radius 3 is 1.50 bits per heavy atom. The largest absolute Gasteiger partial charge is 0.354 e. The topological polar surface area (TPSA) is 18.5 Å². The summed E-state index contributed by atoms with van der Waals surface area (Å²) in [6.45, 7) is 0. The van der Waals surface area contributed by atoms with Crippen molar-refractivity contribution in [1.82, 2.24) is 0 Å². The monoisotopic (exact) mass is 246 g/mol. The average molecular weight is 248 g/mol. The zero-order valence-corrected chi connectivity index (χ0v) is 7.90. The van der Waals surface area contributed by atoms with E-state index in [1.165, 1.54) is 0 Å². The SMILES string of the molecule is COC(OC)C(Br)Br. The summed E-state index contributed by atoms with van der Waals surface area (Å²) in [4.78, 5) is 0. The lowest BCUT2D eigenvalue weighted by Crippen LogP contribution is -2.19. The van der Waals surface area contributed by atoms with E-state index in [0.717, 1.165) is 0 Å². The van der Waals surface area contributed by atoms with Crippen LogP contribution >= 0.6 is 31.9 Å². The van der Waals surface area contributed by atoms with Crippen LogP contribution in [0.4, 0.5) is 0 Å². The van der Waals surface area contributed by atoms with Crippen molar-refractivity contribution in [2.75, 3.05) is 14.2 Å². The van der Waals surface area contributed by atoms with E-state index in [2.05, 4.69) is 31.9 Å². The fraction of sp³-hybridized carbons (Fsp3) is 1.00. The molecule has 0 aromatic heterocycles. The Hall–Kier alpha value is 0.880. The first kappa shape index (κ1) is 8.88. The number of hydrogen-bond acceptors (Lipinski definition) is 2. The van der Waals surface area contributed by atoms with Crippen LogP contribution in [0.25, 0.3) is 0 Å². The molecule has 0 radical (unpaired) electrons. The van der Waals surface area contributed by atoms with Crippen molar-refractivity contribution in [3.8, 4) is 0 Å². The molecule has 0 saturated heterocycles. The van der Waals surface area contributed by atoms with Crippen LogP contribution < -0.4 is 0 Å². The number of ether oxygens (including phenoxy) is 2. The Morgan fingerprint density at radius 2 is 1.50 bits per heavy atom. The Bertz CT molecular complexity index is 54.0. The van der Waals surface area contributed by atoms with Crippen LogP contribution in [0.2, 0.25) is 0 Å². The van der Waals surface area contributed by atoms with Crippen LogP contribution in [0, 0.1) is 0 Å². The molecule has 50 valence electrons. The minimum Gasteiger partial charge on any atom is -0.354 e. The van der Waals surface area contributed by atoms with Crippen LogP contribution in [0.15, 0.2) is 0 Å². The molecule has 0 N–H and O–H groups in total. The lowest BCUT2D eigenvalue weighted by molar-refractivity contribution is -0.0875. The maximum atomic E-state index is 4.84. The molecule has 8 heavy (non-hydrogen) atoms. The highest BCUT2D eigenvalue weighted by molar-refractivity contribution is 9.24. The number of hydrogen-bond donors (Lipinski definition) is 0. The Morgan fingerprint density at radius 1 is 1.12 bits per heavy atom. The standard InChI is InChI=1S/C4H8Br2O2/c1-7-4(8-2)3(5)6/h3-4H,1-2H3. The molecule has 0 heterocycles. The lowest BCUT2D eigenvalue weighted by Gasteiger charge is -2.13. The zero-order valence-electron chi connectivity index (χ0n) is 4.73. The van der Waals surface area contributed by atoms with Gasteiger partial charge in [0.25, 0.3) is 0 Å². The van der Waals surface area contributed by atoms with E-state index in [4.69, 9.17) is 9.47 Å². The van der Waals surface area contributed by atoms with Gasteiger partial charge in [-0.3, -0.25) is 0 Å². The van der Waals surface area contributed by atoms with E-state index >= 15 is 0 Å². The van der Waals surface area contributed by atoms with Crippen molar-refractivity contribution >= 4 is 31.9 Å². The molecule has 0 amide bonds. The summed E-state index contributed by atoms with van der Waals surface area (Å²) >= 11 is 6.46. The van der Waals surface area contributed by atoms with Crippen LogP contribution in [-0.2, 0) is 9.47 Å². The second-order valence-corrected chi connectivity index (χ2v) is 4.38. The second-order valence-electron chi connectivity index (χ2n) is 1.17. The van der Waals surface area contributed by atoms with E-state index < -0.39 is 0 Å². The summed E-state index contributed by atoms with van der Waals surface area (Å²) < 4.78 is 9.75. The summed E-state index contributed by atoms with van der Waals surface area (Å²) in [7, 11) is 3.17. The number of alkyl halides is 2. The number of methoxy groups -OCH3 is 2. The first-order valence-corrected chi connectivity index (χ1v) is 3.89. The van der Waals surface area contributed by atoms with E-state index in [0.29, 0.717) is 0 Å². The van der Waals surface area contributed by atoms with Crippen molar-refractivity contribution in [2.45, 2.75) is 10.0 Å². The van der Waals surface area contributed by atoms with Crippen molar-refractivity contribution in [3.63, 3.8) is 0 Å². The summed E-state index contributed by atoms with van der Waals surface area (Å²) in [6.07, 6.45) is -0.213. The van der Waals surface area contributed by atoms with Gasteiger partial charge >= 0.3 is 0 Å². The van der Waals surface area contributed by atoms with E-state index in [1.807, 2.05) is 0 Å². The summed E-state index contributed by atoms with van der Waals surface area (Å²) in [5.74, 6) is 0. The molecule has 0 aromatic carbocycles. The summed E-state index contributed by atoms with van der Waals surface area (Å²) in [6, 6.07) is 0. The fourth-order valence-corrected chi connectivity index (χ4v) is 1.17. The van der Waals surface area contributed by atoms with Crippen LogP contribution in [0.5, 0.6) is 0 Å². The predicted octanol–water partition coefficient (Wildman–Crippen LogP) is 1.72. The van der Waals surface area contributed by atoms with Gasteiger partial charge in [0.05, 0.1) is 0 Å². The molecule has 0 aliphatic carbocycles. The predicted molar refractivity (Wildman–Crippen MR) is 39.4 cm³/mol. The van der Waals surface area contributed by atoms with Crippen molar-refractivity contribution < 1.29 is 9.47 Å². The quantitative estimate of drug-likeness (QED) is 0.559. The van der Waals surface area contributed by atoms with E-state index in [9.17, 15) is 0 Å². The molecule has 0 aromatic rings. The van der Waals surface area contributed by atoms with Crippen LogP contribution in [0.1, 0.15) is 0 Å². The van der Waals surface area contributed by atoms with Gasteiger partial charge in [0.15, 0.2) is 6.29 Å². The molecule has 0 spiro atoms. The van der Waals surface area contributed by atoms with Crippen molar-refractivity contribution in [3.05, 3.63) is 0 Å². The summed E-state index contributed by atoms with van der Waals surface area (Å²) in [5.41, 5.74) is 0.